The topological polar surface area (TPSA) is 3.24 Å². The smallest absolute Gasteiger partial charge is 0.123 e. The number of alkyl halides is 1. The molecule has 1 rings (SSSR count). The highest BCUT2D eigenvalue weighted by Crippen LogP contribution is 2.17. The van der Waals surface area contributed by atoms with Crippen LogP contribution in [-0.4, -0.2) is 22.8 Å². The zero-order valence-electron chi connectivity index (χ0n) is 11.5. The molecule has 0 saturated heterocycles. The Morgan fingerprint density at radius 2 is 1.94 bits per heavy atom. The van der Waals surface area contributed by atoms with E-state index in [1.807, 2.05) is 13.0 Å². The van der Waals surface area contributed by atoms with Gasteiger partial charge in [-0.2, -0.15) is 0 Å². The van der Waals surface area contributed by atoms with E-state index in [-0.39, 0.29) is 5.82 Å². The number of hydrogen-bond donors (Lipinski definition) is 0. The van der Waals surface area contributed by atoms with Crippen molar-refractivity contribution in [2.45, 2.75) is 46.2 Å². The lowest BCUT2D eigenvalue weighted by Crippen LogP contribution is -2.35. The molecule has 0 amide bonds. The SMILES string of the molecule is CCC(CC)N(CCBr)Cc1ccc(F)cc1C. The molecular weight excluding hydrogens is 293 g/mol. The quantitative estimate of drug-likeness (QED) is 0.669. The molecule has 0 aromatic heterocycles. The highest BCUT2D eigenvalue weighted by molar-refractivity contribution is 9.09. The maximum Gasteiger partial charge on any atom is 0.123 e. The lowest BCUT2D eigenvalue weighted by molar-refractivity contribution is 0.189. The first-order chi connectivity index (χ1) is 8.62. The van der Waals surface area contributed by atoms with Crippen molar-refractivity contribution in [2.75, 3.05) is 11.9 Å². The molecule has 0 aliphatic carbocycles. The van der Waals surface area contributed by atoms with E-state index in [1.54, 1.807) is 12.1 Å². The molecule has 0 heterocycles. The van der Waals surface area contributed by atoms with Gasteiger partial charge in [0.1, 0.15) is 5.82 Å². The standard InChI is InChI=1S/C15H23BrFN/c1-4-15(5-2)18(9-8-16)11-13-6-7-14(17)10-12(13)3/h6-7,10,15H,4-5,8-9,11H2,1-3H3. The van der Waals surface area contributed by atoms with E-state index >= 15 is 0 Å². The Kier molecular flexibility index (Phi) is 6.87. The number of nitrogens with zero attached hydrogens (tertiary/aromatic N) is 1. The number of hydrogen-bond acceptors (Lipinski definition) is 1. The Bertz CT molecular complexity index is 364. The van der Waals surface area contributed by atoms with Gasteiger partial charge in [-0.15, -0.1) is 0 Å². The molecule has 0 spiro atoms. The maximum absolute atomic E-state index is 13.1. The minimum atomic E-state index is -0.147. The van der Waals surface area contributed by atoms with Gasteiger partial charge < -0.3 is 0 Å². The zero-order valence-corrected chi connectivity index (χ0v) is 13.1. The van der Waals surface area contributed by atoms with Crippen LogP contribution in [0.15, 0.2) is 18.2 Å². The normalized spacial score (nSPS) is 11.5. The first-order valence-corrected chi connectivity index (χ1v) is 7.79. The average Bonchev–Trinajstić information content (AvgIpc) is 2.34. The van der Waals surface area contributed by atoms with Gasteiger partial charge in [-0.3, -0.25) is 4.90 Å². The van der Waals surface area contributed by atoms with Gasteiger partial charge in [-0.25, -0.2) is 4.39 Å². The van der Waals surface area contributed by atoms with Crippen LogP contribution in [0.4, 0.5) is 4.39 Å². The molecule has 0 aliphatic heterocycles. The van der Waals surface area contributed by atoms with Gasteiger partial charge in [-0.1, -0.05) is 35.8 Å². The van der Waals surface area contributed by atoms with Crippen LogP contribution < -0.4 is 0 Å². The van der Waals surface area contributed by atoms with E-state index in [4.69, 9.17) is 0 Å². The Balaban J connectivity index is 2.82. The molecule has 0 fully saturated rings. The van der Waals surface area contributed by atoms with Crippen LogP contribution in [-0.2, 0) is 6.54 Å². The molecule has 1 aromatic carbocycles. The maximum atomic E-state index is 13.1. The van der Waals surface area contributed by atoms with Gasteiger partial charge in [-0.05, 0) is 43.0 Å². The molecule has 0 radical (unpaired) electrons. The summed E-state index contributed by atoms with van der Waals surface area (Å²) in [5.74, 6) is -0.147. The summed E-state index contributed by atoms with van der Waals surface area (Å²) >= 11 is 3.52. The van der Waals surface area contributed by atoms with Crippen LogP contribution in [0.1, 0.15) is 37.8 Å². The molecular formula is C15H23BrFN. The minimum absolute atomic E-state index is 0.147. The van der Waals surface area contributed by atoms with E-state index in [0.29, 0.717) is 6.04 Å². The third kappa shape index (κ3) is 4.36. The van der Waals surface area contributed by atoms with Crippen LogP contribution in [0, 0.1) is 12.7 Å². The van der Waals surface area contributed by atoms with Crippen LogP contribution in [0.25, 0.3) is 0 Å². The van der Waals surface area contributed by atoms with E-state index in [2.05, 4.69) is 34.7 Å². The largest absolute Gasteiger partial charge is 0.295 e. The summed E-state index contributed by atoms with van der Waals surface area (Å²) in [5, 5.41) is 0.976. The first kappa shape index (κ1) is 15.6. The summed E-state index contributed by atoms with van der Waals surface area (Å²) in [6.07, 6.45) is 2.31. The van der Waals surface area contributed by atoms with Crippen LogP contribution in [0.2, 0.25) is 0 Å². The molecule has 3 heteroatoms. The Labute approximate surface area is 119 Å². The van der Waals surface area contributed by atoms with Crippen molar-refractivity contribution in [2.24, 2.45) is 0 Å². The van der Waals surface area contributed by atoms with E-state index in [1.165, 1.54) is 5.56 Å². The molecule has 0 N–H and O–H groups in total. The van der Waals surface area contributed by atoms with Crippen molar-refractivity contribution in [1.29, 1.82) is 0 Å². The molecule has 0 atom stereocenters. The van der Waals surface area contributed by atoms with E-state index in [0.717, 1.165) is 36.8 Å². The van der Waals surface area contributed by atoms with Gasteiger partial charge in [0.25, 0.3) is 0 Å². The average molecular weight is 316 g/mol. The summed E-state index contributed by atoms with van der Waals surface area (Å²) in [4.78, 5) is 2.48. The van der Waals surface area contributed by atoms with Gasteiger partial charge in [0, 0.05) is 24.5 Å². The predicted octanol–water partition coefficient (Wildman–Crippen LogP) is 4.52. The molecule has 0 aliphatic rings. The van der Waals surface area contributed by atoms with Crippen molar-refractivity contribution in [3.05, 3.63) is 35.1 Å². The predicted molar refractivity (Wildman–Crippen MR) is 79.7 cm³/mol. The minimum Gasteiger partial charge on any atom is -0.295 e. The summed E-state index contributed by atoms with van der Waals surface area (Å²) in [6, 6.07) is 5.69. The van der Waals surface area contributed by atoms with Gasteiger partial charge >= 0.3 is 0 Å². The monoisotopic (exact) mass is 315 g/mol. The molecule has 0 unspecified atom stereocenters. The highest BCUT2D eigenvalue weighted by atomic mass is 79.9. The Morgan fingerprint density at radius 3 is 2.44 bits per heavy atom. The molecule has 1 nitrogen and oxygen atoms in total. The van der Waals surface area contributed by atoms with Crippen molar-refractivity contribution < 1.29 is 4.39 Å². The Hall–Kier alpha value is -0.410. The second-order valence-corrected chi connectivity index (χ2v) is 5.49. The second-order valence-electron chi connectivity index (χ2n) is 4.70. The van der Waals surface area contributed by atoms with E-state index in [9.17, 15) is 4.39 Å². The fraction of sp³-hybridized carbons (Fsp3) is 0.600. The van der Waals surface area contributed by atoms with Crippen LogP contribution >= 0.6 is 15.9 Å². The molecule has 102 valence electrons. The number of benzene rings is 1. The van der Waals surface area contributed by atoms with Crippen molar-refractivity contribution in [1.82, 2.24) is 4.90 Å². The number of halogens is 2. The van der Waals surface area contributed by atoms with Gasteiger partial charge in [0.2, 0.25) is 0 Å². The van der Waals surface area contributed by atoms with Crippen LogP contribution in [0.5, 0.6) is 0 Å². The van der Waals surface area contributed by atoms with Gasteiger partial charge in [0.15, 0.2) is 0 Å². The molecule has 0 bridgehead atoms. The fourth-order valence-corrected chi connectivity index (χ4v) is 2.82. The number of aryl methyl sites for hydroxylation is 1. The summed E-state index contributed by atoms with van der Waals surface area (Å²) in [6.45, 7) is 8.38. The first-order valence-electron chi connectivity index (χ1n) is 6.67. The third-order valence-corrected chi connectivity index (χ3v) is 3.86. The molecule has 0 saturated carbocycles. The van der Waals surface area contributed by atoms with Gasteiger partial charge in [0.05, 0.1) is 0 Å². The van der Waals surface area contributed by atoms with Crippen molar-refractivity contribution in [3.63, 3.8) is 0 Å². The van der Waals surface area contributed by atoms with Crippen molar-refractivity contribution in [3.8, 4) is 0 Å². The lowest BCUT2D eigenvalue weighted by Gasteiger charge is -2.30. The Morgan fingerprint density at radius 1 is 1.28 bits per heavy atom. The third-order valence-electron chi connectivity index (χ3n) is 3.51. The summed E-state index contributed by atoms with van der Waals surface area (Å²) < 4.78 is 13.1. The van der Waals surface area contributed by atoms with Crippen molar-refractivity contribution >= 4 is 15.9 Å². The van der Waals surface area contributed by atoms with Crippen LogP contribution in [0.3, 0.4) is 0 Å². The fourth-order valence-electron chi connectivity index (χ4n) is 2.36. The summed E-state index contributed by atoms with van der Waals surface area (Å²) in [5.41, 5.74) is 2.27. The van der Waals surface area contributed by atoms with E-state index < -0.39 is 0 Å². The molecule has 18 heavy (non-hydrogen) atoms. The lowest BCUT2D eigenvalue weighted by atomic mass is 10.1. The second kappa shape index (κ2) is 7.90. The number of rotatable bonds is 7. The zero-order chi connectivity index (χ0) is 13.5. The summed E-state index contributed by atoms with van der Waals surface area (Å²) in [7, 11) is 0. The highest BCUT2D eigenvalue weighted by Gasteiger charge is 2.15. The molecule has 1 aromatic rings.